The van der Waals surface area contributed by atoms with Crippen LogP contribution in [0.1, 0.15) is 42.9 Å². The van der Waals surface area contributed by atoms with E-state index in [0.717, 1.165) is 54.6 Å². The monoisotopic (exact) mass is 514 g/mol. The molecule has 1 aromatic rings. The number of benzene rings is 1. The first kappa shape index (κ1) is 24.3. The molecule has 1 N–H and O–H groups in total. The minimum absolute atomic E-state index is 0.0326. The SMILES string of the molecule is CN(C)S(=O)(=O)NCCCS(=O)(=O)N1CCC[C@@H]2CN3CCc4cc5c(cc4[C@@H]3C[C@@H]21)OCO5. The van der Waals surface area contributed by atoms with Crippen LogP contribution in [0.15, 0.2) is 12.1 Å². The highest BCUT2D eigenvalue weighted by Crippen LogP contribution is 2.46. The molecule has 4 aliphatic heterocycles. The van der Waals surface area contributed by atoms with Gasteiger partial charge in [-0.1, -0.05) is 0 Å². The van der Waals surface area contributed by atoms with Crippen molar-refractivity contribution in [2.24, 2.45) is 5.92 Å². The molecule has 4 aliphatic rings. The van der Waals surface area contributed by atoms with Crippen LogP contribution in [0.25, 0.3) is 0 Å². The van der Waals surface area contributed by atoms with Gasteiger partial charge in [-0.05, 0) is 61.3 Å². The van der Waals surface area contributed by atoms with Crippen molar-refractivity contribution in [3.05, 3.63) is 23.3 Å². The summed E-state index contributed by atoms with van der Waals surface area (Å²) in [6.07, 6.45) is 3.87. The Morgan fingerprint density at radius 3 is 2.65 bits per heavy atom. The number of hydrogen-bond donors (Lipinski definition) is 1. The molecule has 0 aliphatic carbocycles. The van der Waals surface area contributed by atoms with Gasteiger partial charge in [-0.2, -0.15) is 17.0 Å². The molecule has 34 heavy (non-hydrogen) atoms. The van der Waals surface area contributed by atoms with Crippen LogP contribution < -0.4 is 14.2 Å². The van der Waals surface area contributed by atoms with Crippen molar-refractivity contribution in [2.75, 3.05) is 52.8 Å². The van der Waals surface area contributed by atoms with Crippen LogP contribution in [0.5, 0.6) is 11.5 Å². The molecule has 2 fully saturated rings. The van der Waals surface area contributed by atoms with Crippen LogP contribution >= 0.6 is 0 Å². The highest BCUT2D eigenvalue weighted by Gasteiger charge is 2.46. The fourth-order valence-corrected chi connectivity index (χ4v) is 8.32. The molecule has 0 bridgehead atoms. The molecule has 0 unspecified atom stereocenters. The van der Waals surface area contributed by atoms with Gasteiger partial charge in [0.1, 0.15) is 0 Å². The Kier molecular flexibility index (Phi) is 6.57. The van der Waals surface area contributed by atoms with Crippen molar-refractivity contribution >= 4 is 20.2 Å². The van der Waals surface area contributed by atoms with Gasteiger partial charge in [-0.15, -0.1) is 0 Å². The van der Waals surface area contributed by atoms with E-state index in [2.05, 4.69) is 21.8 Å². The quantitative estimate of drug-likeness (QED) is 0.539. The lowest BCUT2D eigenvalue weighted by atomic mass is 9.77. The zero-order valence-corrected chi connectivity index (χ0v) is 21.4. The number of sulfonamides is 1. The Bertz CT molecular complexity index is 1140. The molecular weight excluding hydrogens is 480 g/mol. The number of fused-ring (bicyclic) bond motifs is 5. The summed E-state index contributed by atoms with van der Waals surface area (Å²) < 4.78 is 66.9. The van der Waals surface area contributed by atoms with E-state index in [1.54, 1.807) is 4.31 Å². The Hall–Kier alpha value is -1.44. The maximum atomic E-state index is 13.3. The van der Waals surface area contributed by atoms with Crippen molar-refractivity contribution in [2.45, 2.75) is 44.2 Å². The minimum atomic E-state index is -3.56. The second-order valence-corrected chi connectivity index (χ2v) is 13.8. The standard InChI is InChI=1S/C22H34N4O6S2/c1-24(2)34(29,30)23-7-4-10-33(27,28)26-8-3-5-17-14-25-9-6-16-11-21-22(32-15-31-21)12-18(16)20(25)13-19(17)26/h11-12,17,19-20,23H,3-10,13-15H2,1-2H3/t17-,19+,20+/m1/s1. The predicted molar refractivity (Wildman–Crippen MR) is 127 cm³/mol. The molecule has 0 saturated carbocycles. The van der Waals surface area contributed by atoms with E-state index in [1.807, 2.05) is 0 Å². The summed E-state index contributed by atoms with van der Waals surface area (Å²) in [6.45, 7) is 2.75. The lowest BCUT2D eigenvalue weighted by molar-refractivity contribution is 0.0219. The maximum absolute atomic E-state index is 13.3. The van der Waals surface area contributed by atoms with E-state index in [0.29, 0.717) is 12.5 Å². The molecule has 10 nitrogen and oxygen atoms in total. The molecule has 4 heterocycles. The normalized spacial score (nSPS) is 27.3. The summed E-state index contributed by atoms with van der Waals surface area (Å²) in [5.41, 5.74) is 2.50. The predicted octanol–water partition coefficient (Wildman–Crippen LogP) is 0.915. The zero-order chi connectivity index (χ0) is 24.1. The molecule has 0 radical (unpaired) electrons. The van der Waals surface area contributed by atoms with Gasteiger partial charge in [0.25, 0.3) is 10.2 Å². The number of ether oxygens (including phenoxy) is 2. The second-order valence-electron chi connectivity index (χ2n) is 9.83. The Labute approximate surface area is 202 Å². The summed E-state index contributed by atoms with van der Waals surface area (Å²) in [4.78, 5) is 2.51. The Balaban J connectivity index is 1.30. The minimum Gasteiger partial charge on any atom is -0.454 e. The highest BCUT2D eigenvalue weighted by atomic mass is 32.2. The largest absolute Gasteiger partial charge is 0.454 e. The molecule has 3 atom stereocenters. The van der Waals surface area contributed by atoms with Gasteiger partial charge >= 0.3 is 0 Å². The Morgan fingerprint density at radius 1 is 1.12 bits per heavy atom. The van der Waals surface area contributed by atoms with Crippen LogP contribution in [0.4, 0.5) is 0 Å². The molecule has 5 rings (SSSR count). The third kappa shape index (κ3) is 4.56. The van der Waals surface area contributed by atoms with Gasteiger partial charge in [0.2, 0.25) is 16.8 Å². The fourth-order valence-electron chi connectivity index (χ4n) is 5.84. The Morgan fingerprint density at radius 2 is 1.88 bits per heavy atom. The van der Waals surface area contributed by atoms with Gasteiger partial charge in [0.05, 0.1) is 5.75 Å². The van der Waals surface area contributed by atoms with Gasteiger partial charge < -0.3 is 9.47 Å². The summed E-state index contributed by atoms with van der Waals surface area (Å²) in [5, 5.41) is 0. The molecular formula is C22H34N4O6S2. The van der Waals surface area contributed by atoms with Crippen molar-refractivity contribution in [1.82, 2.24) is 18.2 Å². The number of nitrogens with one attached hydrogen (secondary N) is 1. The summed E-state index contributed by atoms with van der Waals surface area (Å²) in [5.74, 6) is 1.83. The first-order chi connectivity index (χ1) is 16.2. The van der Waals surface area contributed by atoms with Gasteiger partial charge in [0, 0.05) is 52.4 Å². The average molecular weight is 515 g/mol. The third-order valence-corrected chi connectivity index (χ3v) is 11.1. The van der Waals surface area contributed by atoms with E-state index in [1.165, 1.54) is 25.2 Å². The van der Waals surface area contributed by atoms with Crippen LogP contribution in [0.3, 0.4) is 0 Å². The lowest BCUT2D eigenvalue weighted by Crippen LogP contribution is -2.57. The van der Waals surface area contributed by atoms with Crippen LogP contribution in [0.2, 0.25) is 0 Å². The number of rotatable bonds is 7. The summed E-state index contributed by atoms with van der Waals surface area (Å²) in [7, 11) is -4.17. The average Bonchev–Trinajstić information content (AvgIpc) is 3.26. The van der Waals surface area contributed by atoms with Gasteiger partial charge in [-0.3, -0.25) is 4.90 Å². The van der Waals surface area contributed by atoms with Crippen molar-refractivity contribution in [1.29, 1.82) is 0 Å². The second kappa shape index (κ2) is 9.21. The fraction of sp³-hybridized carbons (Fsp3) is 0.727. The molecule has 12 heteroatoms. The van der Waals surface area contributed by atoms with Gasteiger partial charge in [0.15, 0.2) is 11.5 Å². The topological polar surface area (TPSA) is 108 Å². The highest BCUT2D eigenvalue weighted by molar-refractivity contribution is 7.89. The number of piperidine rings is 2. The first-order valence-corrected chi connectivity index (χ1v) is 15.0. The first-order valence-electron chi connectivity index (χ1n) is 12.0. The third-order valence-electron chi connectivity index (χ3n) is 7.61. The van der Waals surface area contributed by atoms with Crippen molar-refractivity contribution < 1.29 is 26.3 Å². The smallest absolute Gasteiger partial charge is 0.278 e. The number of hydrogen-bond acceptors (Lipinski definition) is 7. The summed E-state index contributed by atoms with van der Waals surface area (Å²) >= 11 is 0. The van der Waals surface area contributed by atoms with Crippen molar-refractivity contribution in [3.63, 3.8) is 0 Å². The molecule has 0 aromatic heterocycles. The van der Waals surface area contributed by atoms with E-state index < -0.39 is 20.2 Å². The zero-order valence-electron chi connectivity index (χ0n) is 19.8. The van der Waals surface area contributed by atoms with E-state index in [9.17, 15) is 16.8 Å². The van der Waals surface area contributed by atoms with Crippen LogP contribution in [-0.4, -0.2) is 89.2 Å². The van der Waals surface area contributed by atoms with Crippen LogP contribution in [0, 0.1) is 5.92 Å². The molecule has 0 spiro atoms. The number of nitrogens with zero attached hydrogens (tertiary/aromatic N) is 3. The lowest BCUT2D eigenvalue weighted by Gasteiger charge is -2.51. The van der Waals surface area contributed by atoms with E-state index >= 15 is 0 Å². The molecule has 2 saturated heterocycles. The van der Waals surface area contributed by atoms with E-state index in [4.69, 9.17) is 9.47 Å². The molecule has 1 aromatic carbocycles. The van der Waals surface area contributed by atoms with Gasteiger partial charge in [-0.25, -0.2) is 13.1 Å². The molecule has 0 amide bonds. The maximum Gasteiger partial charge on any atom is 0.278 e. The summed E-state index contributed by atoms with van der Waals surface area (Å²) in [6, 6.07) is 4.32. The van der Waals surface area contributed by atoms with E-state index in [-0.39, 0.29) is 37.6 Å². The molecule has 190 valence electrons. The van der Waals surface area contributed by atoms with Crippen molar-refractivity contribution in [3.8, 4) is 11.5 Å². The van der Waals surface area contributed by atoms with Crippen LogP contribution in [-0.2, 0) is 26.7 Å².